The SMILES string of the molecule is CC(Sc1nnc(Cn2cncn2)o1)C(=O)Nc1cc(Cl)c(Cl)cc1Cl. The number of aromatic nitrogens is 5. The van der Waals surface area contributed by atoms with Gasteiger partial charge in [0.05, 0.1) is 26.0 Å². The summed E-state index contributed by atoms with van der Waals surface area (Å²) in [7, 11) is 0. The zero-order chi connectivity index (χ0) is 18.7. The maximum absolute atomic E-state index is 12.3. The van der Waals surface area contributed by atoms with Crippen molar-refractivity contribution in [3.05, 3.63) is 45.7 Å². The molecule has 1 unspecified atom stereocenters. The number of rotatable bonds is 6. The minimum atomic E-state index is -0.514. The zero-order valence-corrected chi connectivity index (χ0v) is 16.3. The van der Waals surface area contributed by atoms with Gasteiger partial charge in [0.2, 0.25) is 11.8 Å². The third-order valence-electron chi connectivity index (χ3n) is 3.13. The minimum Gasteiger partial charge on any atom is -0.414 e. The second-order valence-electron chi connectivity index (χ2n) is 5.05. The first-order chi connectivity index (χ1) is 12.4. The number of benzene rings is 1. The number of halogens is 3. The van der Waals surface area contributed by atoms with Crippen LogP contribution >= 0.6 is 46.6 Å². The van der Waals surface area contributed by atoms with Gasteiger partial charge in [0.25, 0.3) is 5.22 Å². The van der Waals surface area contributed by atoms with E-state index >= 15 is 0 Å². The van der Waals surface area contributed by atoms with E-state index in [-0.39, 0.29) is 16.2 Å². The van der Waals surface area contributed by atoms with Crippen LogP contribution in [0.25, 0.3) is 0 Å². The Kier molecular flexibility index (Phi) is 6.02. The molecule has 0 saturated heterocycles. The lowest BCUT2D eigenvalue weighted by Crippen LogP contribution is -2.22. The molecular weight excluding hydrogens is 423 g/mol. The number of carbonyl (C=O) groups is 1. The summed E-state index contributed by atoms with van der Waals surface area (Å²) >= 11 is 19.0. The lowest BCUT2D eigenvalue weighted by atomic mass is 10.3. The highest BCUT2D eigenvalue weighted by atomic mass is 35.5. The van der Waals surface area contributed by atoms with Crippen molar-refractivity contribution in [3.63, 3.8) is 0 Å². The van der Waals surface area contributed by atoms with E-state index in [0.29, 0.717) is 28.2 Å². The number of hydrogen-bond acceptors (Lipinski definition) is 7. The topological polar surface area (TPSA) is 98.7 Å². The molecule has 1 atom stereocenters. The van der Waals surface area contributed by atoms with Gasteiger partial charge in [-0.05, 0) is 19.1 Å². The molecule has 1 amide bonds. The van der Waals surface area contributed by atoms with Crippen molar-refractivity contribution in [1.29, 1.82) is 0 Å². The number of nitrogens with zero attached hydrogens (tertiary/aromatic N) is 5. The Hall–Kier alpha value is -1.81. The van der Waals surface area contributed by atoms with Gasteiger partial charge in [0, 0.05) is 0 Å². The Balaban J connectivity index is 1.61. The van der Waals surface area contributed by atoms with E-state index in [0.717, 1.165) is 11.8 Å². The highest BCUT2D eigenvalue weighted by molar-refractivity contribution is 8.00. The number of carbonyl (C=O) groups excluding carboxylic acids is 1. The second-order valence-corrected chi connectivity index (χ2v) is 7.56. The molecule has 1 N–H and O–H groups in total. The van der Waals surface area contributed by atoms with Gasteiger partial charge >= 0.3 is 0 Å². The second kappa shape index (κ2) is 8.26. The highest BCUT2D eigenvalue weighted by Crippen LogP contribution is 2.33. The quantitative estimate of drug-likeness (QED) is 0.466. The highest BCUT2D eigenvalue weighted by Gasteiger charge is 2.20. The Labute approximate surface area is 167 Å². The summed E-state index contributed by atoms with van der Waals surface area (Å²) in [5.41, 5.74) is 0.371. The van der Waals surface area contributed by atoms with Crippen molar-refractivity contribution in [2.24, 2.45) is 0 Å². The van der Waals surface area contributed by atoms with E-state index in [9.17, 15) is 4.79 Å². The van der Waals surface area contributed by atoms with Crippen LogP contribution in [0.1, 0.15) is 12.8 Å². The van der Waals surface area contributed by atoms with Gasteiger partial charge in [-0.3, -0.25) is 4.79 Å². The summed E-state index contributed by atoms with van der Waals surface area (Å²) in [6, 6.07) is 2.96. The number of hydrogen-bond donors (Lipinski definition) is 1. The van der Waals surface area contributed by atoms with Crippen molar-refractivity contribution >= 4 is 58.2 Å². The van der Waals surface area contributed by atoms with Crippen LogP contribution in [0, 0.1) is 0 Å². The minimum absolute atomic E-state index is 0.267. The normalized spacial score (nSPS) is 12.2. The first-order valence-corrected chi connectivity index (χ1v) is 9.20. The molecule has 3 aromatic rings. The molecule has 0 radical (unpaired) electrons. The van der Waals surface area contributed by atoms with Crippen LogP contribution in [0.2, 0.25) is 15.1 Å². The van der Waals surface area contributed by atoms with Crippen LogP contribution in [0.5, 0.6) is 0 Å². The number of amides is 1. The fraction of sp³-hybridized carbons (Fsp3) is 0.214. The molecular formula is C14H11Cl3N6O2S. The molecule has 0 spiro atoms. The molecule has 0 fully saturated rings. The van der Waals surface area contributed by atoms with Crippen molar-refractivity contribution in [1.82, 2.24) is 25.0 Å². The molecule has 0 bridgehead atoms. The number of anilines is 1. The van der Waals surface area contributed by atoms with Crippen LogP contribution in [0.3, 0.4) is 0 Å². The standard InChI is InChI=1S/C14H11Cl3N6O2S/c1-7(13(24)20-11-3-9(16)8(15)2-10(11)17)26-14-22-21-12(25-14)4-23-6-18-5-19-23/h2-3,5-7H,4H2,1H3,(H,20,24). The van der Waals surface area contributed by atoms with Gasteiger partial charge in [-0.1, -0.05) is 46.6 Å². The van der Waals surface area contributed by atoms with Gasteiger partial charge in [-0.2, -0.15) is 5.10 Å². The first-order valence-electron chi connectivity index (χ1n) is 7.19. The lowest BCUT2D eigenvalue weighted by Gasteiger charge is -2.12. The Bertz CT molecular complexity index is 918. The molecule has 0 aliphatic heterocycles. The molecule has 136 valence electrons. The van der Waals surface area contributed by atoms with Crippen LogP contribution in [-0.2, 0) is 11.3 Å². The summed E-state index contributed by atoms with van der Waals surface area (Å²) in [5.74, 6) is 0.0597. The van der Waals surface area contributed by atoms with Gasteiger partial charge in [-0.25, -0.2) is 9.67 Å². The Morgan fingerprint density at radius 2 is 2.04 bits per heavy atom. The van der Waals surface area contributed by atoms with E-state index < -0.39 is 5.25 Å². The fourth-order valence-electron chi connectivity index (χ4n) is 1.86. The molecule has 8 nitrogen and oxygen atoms in total. The average Bonchev–Trinajstić information content (AvgIpc) is 3.25. The maximum Gasteiger partial charge on any atom is 0.277 e. The van der Waals surface area contributed by atoms with Crippen LogP contribution < -0.4 is 5.32 Å². The monoisotopic (exact) mass is 432 g/mol. The van der Waals surface area contributed by atoms with Crippen LogP contribution in [0.15, 0.2) is 34.4 Å². The van der Waals surface area contributed by atoms with Crippen molar-refractivity contribution in [3.8, 4) is 0 Å². The fourth-order valence-corrected chi connectivity index (χ4v) is 3.15. The predicted molar refractivity (Wildman–Crippen MR) is 98.8 cm³/mol. The third kappa shape index (κ3) is 4.67. The van der Waals surface area contributed by atoms with Crippen LogP contribution in [0.4, 0.5) is 5.69 Å². The smallest absolute Gasteiger partial charge is 0.277 e. The van der Waals surface area contributed by atoms with Crippen molar-refractivity contribution < 1.29 is 9.21 Å². The summed E-state index contributed by atoms with van der Waals surface area (Å²) < 4.78 is 7.04. The molecule has 0 aliphatic carbocycles. The lowest BCUT2D eigenvalue weighted by molar-refractivity contribution is -0.115. The molecule has 1 aromatic carbocycles. The average molecular weight is 434 g/mol. The molecule has 12 heteroatoms. The van der Waals surface area contributed by atoms with Gasteiger partial charge in [0.15, 0.2) is 0 Å². The van der Waals surface area contributed by atoms with E-state index in [1.807, 2.05) is 0 Å². The van der Waals surface area contributed by atoms with Crippen LogP contribution in [-0.4, -0.2) is 36.1 Å². The molecule has 2 aromatic heterocycles. The Morgan fingerprint density at radius 3 is 2.77 bits per heavy atom. The van der Waals surface area contributed by atoms with Crippen molar-refractivity contribution in [2.45, 2.75) is 23.9 Å². The van der Waals surface area contributed by atoms with E-state index in [1.54, 1.807) is 11.6 Å². The summed E-state index contributed by atoms with van der Waals surface area (Å²) in [4.78, 5) is 16.2. The molecule has 0 saturated carbocycles. The predicted octanol–water partition coefficient (Wildman–Crippen LogP) is 3.79. The number of nitrogens with one attached hydrogen (secondary N) is 1. The molecule has 2 heterocycles. The van der Waals surface area contributed by atoms with E-state index in [2.05, 4.69) is 25.6 Å². The largest absolute Gasteiger partial charge is 0.414 e. The Morgan fingerprint density at radius 1 is 1.27 bits per heavy atom. The summed E-state index contributed by atoms with van der Waals surface area (Å²) in [5, 5.41) is 15.1. The van der Waals surface area contributed by atoms with Gasteiger partial charge in [-0.15, -0.1) is 10.2 Å². The maximum atomic E-state index is 12.3. The van der Waals surface area contributed by atoms with Gasteiger partial charge in [0.1, 0.15) is 19.2 Å². The third-order valence-corrected chi connectivity index (χ3v) is 5.10. The van der Waals surface area contributed by atoms with E-state index in [4.69, 9.17) is 39.2 Å². The molecule has 0 aliphatic rings. The van der Waals surface area contributed by atoms with Crippen molar-refractivity contribution in [2.75, 3.05) is 5.32 Å². The summed E-state index contributed by atoms with van der Waals surface area (Å²) in [6.45, 7) is 2.00. The number of thioether (sulfide) groups is 1. The molecule has 3 rings (SSSR count). The van der Waals surface area contributed by atoms with Gasteiger partial charge < -0.3 is 9.73 Å². The zero-order valence-electron chi connectivity index (χ0n) is 13.2. The summed E-state index contributed by atoms with van der Waals surface area (Å²) in [6.07, 6.45) is 2.95. The first kappa shape index (κ1) is 19.0. The molecule has 26 heavy (non-hydrogen) atoms. The van der Waals surface area contributed by atoms with E-state index in [1.165, 1.54) is 24.8 Å².